The minimum absolute atomic E-state index is 0.0120. The van der Waals surface area contributed by atoms with Gasteiger partial charge in [-0.15, -0.1) is 0 Å². The standard InChI is InChI=1S/C17H12Cl2N2O5/c1-25-15(22)8-21-16(23)13(20-17(21)24)7-10-3-5-14(26-10)11-4-2-9(18)6-12(11)19/h2-7H,8H2,1H3,(H,20,24)/b13-7-. The van der Waals surface area contributed by atoms with Crippen molar-refractivity contribution in [2.24, 2.45) is 0 Å². The monoisotopic (exact) mass is 394 g/mol. The van der Waals surface area contributed by atoms with E-state index in [9.17, 15) is 14.4 Å². The molecule has 1 aliphatic heterocycles. The fourth-order valence-electron chi connectivity index (χ4n) is 2.32. The Labute approximate surface area is 158 Å². The number of halogens is 2. The first kappa shape index (κ1) is 18.0. The summed E-state index contributed by atoms with van der Waals surface area (Å²) in [5.74, 6) is -0.549. The third-order valence-corrected chi connectivity index (χ3v) is 4.13. The molecule has 0 saturated carbocycles. The maximum Gasteiger partial charge on any atom is 0.329 e. The van der Waals surface area contributed by atoms with E-state index in [4.69, 9.17) is 27.6 Å². The van der Waals surface area contributed by atoms with Gasteiger partial charge in [0.1, 0.15) is 23.8 Å². The third-order valence-electron chi connectivity index (χ3n) is 3.59. The highest BCUT2D eigenvalue weighted by atomic mass is 35.5. The molecule has 3 amide bonds. The van der Waals surface area contributed by atoms with Crippen molar-refractivity contribution < 1.29 is 23.5 Å². The summed E-state index contributed by atoms with van der Waals surface area (Å²) in [5, 5.41) is 3.30. The fourth-order valence-corrected chi connectivity index (χ4v) is 2.82. The molecule has 0 spiro atoms. The molecule has 2 aromatic rings. The number of carbonyl (C=O) groups is 3. The number of ether oxygens (including phenoxy) is 1. The highest BCUT2D eigenvalue weighted by Crippen LogP contribution is 2.32. The highest BCUT2D eigenvalue weighted by Gasteiger charge is 2.35. The predicted octanol–water partition coefficient (Wildman–Crippen LogP) is 3.32. The van der Waals surface area contributed by atoms with Crippen molar-refractivity contribution in [3.05, 3.63) is 51.8 Å². The number of furan rings is 1. The van der Waals surface area contributed by atoms with Crippen LogP contribution in [-0.4, -0.2) is 36.5 Å². The van der Waals surface area contributed by atoms with E-state index in [1.54, 1.807) is 30.3 Å². The molecule has 7 nitrogen and oxygen atoms in total. The van der Waals surface area contributed by atoms with Crippen LogP contribution in [0.5, 0.6) is 0 Å². The Morgan fingerprint density at radius 2 is 2.04 bits per heavy atom. The zero-order valence-electron chi connectivity index (χ0n) is 13.4. The number of amides is 3. The van der Waals surface area contributed by atoms with Crippen molar-refractivity contribution in [2.75, 3.05) is 13.7 Å². The molecule has 26 heavy (non-hydrogen) atoms. The summed E-state index contributed by atoms with van der Waals surface area (Å²) in [5.41, 5.74) is 0.622. The number of methoxy groups -OCH3 is 1. The van der Waals surface area contributed by atoms with Gasteiger partial charge in [-0.2, -0.15) is 0 Å². The number of hydrogen-bond donors (Lipinski definition) is 1. The van der Waals surface area contributed by atoms with Crippen LogP contribution < -0.4 is 5.32 Å². The van der Waals surface area contributed by atoms with E-state index >= 15 is 0 Å². The van der Waals surface area contributed by atoms with E-state index in [1.807, 2.05) is 0 Å². The zero-order valence-corrected chi connectivity index (χ0v) is 14.9. The highest BCUT2D eigenvalue weighted by molar-refractivity contribution is 6.36. The number of urea groups is 1. The molecule has 1 N–H and O–H groups in total. The summed E-state index contributed by atoms with van der Waals surface area (Å²) in [6.45, 7) is -0.470. The quantitative estimate of drug-likeness (QED) is 0.488. The first-order valence-corrected chi connectivity index (χ1v) is 8.11. The number of nitrogens with zero attached hydrogens (tertiary/aromatic N) is 1. The Morgan fingerprint density at radius 3 is 2.73 bits per heavy atom. The van der Waals surface area contributed by atoms with Crippen LogP contribution in [-0.2, 0) is 14.3 Å². The Hall–Kier alpha value is -2.77. The maximum absolute atomic E-state index is 12.2. The Bertz CT molecular complexity index is 935. The number of esters is 1. The Balaban J connectivity index is 1.83. The van der Waals surface area contributed by atoms with Crippen LogP contribution in [0.25, 0.3) is 17.4 Å². The molecule has 1 aromatic carbocycles. The first-order valence-electron chi connectivity index (χ1n) is 7.35. The maximum atomic E-state index is 12.2. The molecule has 3 rings (SSSR count). The van der Waals surface area contributed by atoms with Gasteiger partial charge in [0.15, 0.2) is 0 Å². The molecule has 0 unspecified atom stereocenters. The summed E-state index contributed by atoms with van der Waals surface area (Å²) < 4.78 is 10.1. The lowest BCUT2D eigenvalue weighted by atomic mass is 10.2. The second kappa shape index (κ2) is 7.23. The molecule has 2 heterocycles. The molecule has 1 fully saturated rings. The smallest absolute Gasteiger partial charge is 0.329 e. The summed E-state index contributed by atoms with van der Waals surface area (Å²) in [6, 6.07) is 7.56. The first-order chi connectivity index (χ1) is 12.4. The molecule has 0 atom stereocenters. The van der Waals surface area contributed by atoms with Crippen molar-refractivity contribution in [2.45, 2.75) is 0 Å². The SMILES string of the molecule is COC(=O)CN1C(=O)N/C(=C\c2ccc(-c3ccc(Cl)cc3Cl)o2)C1=O. The van der Waals surface area contributed by atoms with Gasteiger partial charge in [0, 0.05) is 16.7 Å². The van der Waals surface area contributed by atoms with Crippen LogP contribution in [0.1, 0.15) is 5.76 Å². The van der Waals surface area contributed by atoms with Crippen molar-refractivity contribution in [3.8, 4) is 11.3 Å². The summed E-state index contributed by atoms with van der Waals surface area (Å²) in [4.78, 5) is 36.1. The van der Waals surface area contributed by atoms with Gasteiger partial charge in [-0.3, -0.25) is 9.59 Å². The van der Waals surface area contributed by atoms with Gasteiger partial charge in [-0.25, -0.2) is 9.69 Å². The Morgan fingerprint density at radius 1 is 1.27 bits per heavy atom. The number of hydrogen-bond acceptors (Lipinski definition) is 5. The van der Waals surface area contributed by atoms with Crippen LogP contribution in [0.4, 0.5) is 4.79 Å². The molecule has 0 radical (unpaired) electrons. The summed E-state index contributed by atoms with van der Waals surface area (Å²) >= 11 is 12.0. The number of rotatable bonds is 4. The van der Waals surface area contributed by atoms with Crippen LogP contribution >= 0.6 is 23.2 Å². The van der Waals surface area contributed by atoms with E-state index in [0.29, 0.717) is 27.1 Å². The molecule has 0 bridgehead atoms. The molecule has 1 saturated heterocycles. The fraction of sp³-hybridized carbons (Fsp3) is 0.118. The molecule has 0 aliphatic carbocycles. The minimum atomic E-state index is -0.709. The van der Waals surface area contributed by atoms with Gasteiger partial charge >= 0.3 is 12.0 Å². The van der Waals surface area contributed by atoms with Gasteiger partial charge in [0.25, 0.3) is 5.91 Å². The van der Waals surface area contributed by atoms with Gasteiger partial charge in [-0.05, 0) is 30.3 Å². The van der Waals surface area contributed by atoms with E-state index in [2.05, 4.69) is 10.1 Å². The minimum Gasteiger partial charge on any atom is -0.468 e. The number of carbonyl (C=O) groups excluding carboxylic acids is 3. The van der Waals surface area contributed by atoms with Crippen LogP contribution in [0, 0.1) is 0 Å². The van der Waals surface area contributed by atoms with Crippen molar-refractivity contribution in [1.82, 2.24) is 10.2 Å². The lowest BCUT2D eigenvalue weighted by molar-refractivity contribution is -0.143. The van der Waals surface area contributed by atoms with E-state index in [0.717, 1.165) is 4.90 Å². The topological polar surface area (TPSA) is 88.8 Å². The van der Waals surface area contributed by atoms with Crippen LogP contribution in [0.2, 0.25) is 10.0 Å². The number of nitrogens with one attached hydrogen (secondary N) is 1. The molecule has 1 aliphatic rings. The zero-order chi connectivity index (χ0) is 18.8. The lowest BCUT2D eigenvalue weighted by Crippen LogP contribution is -2.36. The van der Waals surface area contributed by atoms with Gasteiger partial charge in [0.05, 0.1) is 12.1 Å². The number of imide groups is 1. The lowest BCUT2D eigenvalue weighted by Gasteiger charge is -2.08. The Kier molecular flexibility index (Phi) is 5.01. The van der Waals surface area contributed by atoms with Gasteiger partial charge < -0.3 is 14.5 Å². The van der Waals surface area contributed by atoms with Crippen molar-refractivity contribution in [3.63, 3.8) is 0 Å². The van der Waals surface area contributed by atoms with Gasteiger partial charge in [0.2, 0.25) is 0 Å². The van der Waals surface area contributed by atoms with E-state index in [1.165, 1.54) is 13.2 Å². The average Bonchev–Trinajstić information content (AvgIpc) is 3.15. The van der Waals surface area contributed by atoms with Crippen molar-refractivity contribution >= 4 is 47.2 Å². The number of benzene rings is 1. The summed E-state index contributed by atoms with van der Waals surface area (Å²) in [6.07, 6.45) is 1.37. The molecular formula is C17H12Cl2N2O5. The molecule has 1 aromatic heterocycles. The second-order valence-electron chi connectivity index (χ2n) is 5.28. The van der Waals surface area contributed by atoms with Gasteiger partial charge in [-0.1, -0.05) is 23.2 Å². The average molecular weight is 395 g/mol. The molecular weight excluding hydrogens is 383 g/mol. The van der Waals surface area contributed by atoms with Crippen molar-refractivity contribution in [1.29, 1.82) is 0 Å². The molecule has 9 heteroatoms. The predicted molar refractivity (Wildman–Crippen MR) is 94.4 cm³/mol. The van der Waals surface area contributed by atoms with Crippen LogP contribution in [0.15, 0.2) is 40.4 Å². The van der Waals surface area contributed by atoms with Crippen LogP contribution in [0.3, 0.4) is 0 Å². The van der Waals surface area contributed by atoms with E-state index in [-0.39, 0.29) is 5.70 Å². The largest absolute Gasteiger partial charge is 0.468 e. The third kappa shape index (κ3) is 3.58. The summed E-state index contributed by atoms with van der Waals surface area (Å²) in [7, 11) is 1.17. The second-order valence-corrected chi connectivity index (χ2v) is 6.13. The van der Waals surface area contributed by atoms with E-state index < -0.39 is 24.5 Å². The normalized spacial score (nSPS) is 15.5. The molecule has 134 valence electrons.